The van der Waals surface area contributed by atoms with Crippen LogP contribution in [0.4, 0.5) is 0 Å². The van der Waals surface area contributed by atoms with Gasteiger partial charge in [0.25, 0.3) is 0 Å². The molecule has 0 saturated heterocycles. The summed E-state index contributed by atoms with van der Waals surface area (Å²) in [6.07, 6.45) is 8.10. The van der Waals surface area contributed by atoms with Gasteiger partial charge >= 0.3 is 0 Å². The molecule has 0 saturated carbocycles. The van der Waals surface area contributed by atoms with Crippen molar-refractivity contribution in [2.24, 2.45) is 0 Å². The number of aromatic nitrogens is 1. The highest BCUT2D eigenvalue weighted by Gasteiger charge is 2.13. The van der Waals surface area contributed by atoms with Crippen LogP contribution in [0.15, 0.2) is 140 Å². The lowest BCUT2D eigenvalue weighted by molar-refractivity contribution is -0.127. The van der Waals surface area contributed by atoms with E-state index in [9.17, 15) is 4.79 Å². The molecule has 0 unspecified atom stereocenters. The molecule has 4 nitrogen and oxygen atoms in total. The molecule has 0 bridgehead atoms. The molecule has 0 fully saturated rings. The van der Waals surface area contributed by atoms with Crippen LogP contribution in [0.1, 0.15) is 27.8 Å². The van der Waals surface area contributed by atoms with Gasteiger partial charge in [-0.05, 0) is 64.1 Å². The highest BCUT2D eigenvalue weighted by atomic mass is 16.2. The topological polar surface area (TPSA) is 45.2 Å². The fourth-order valence-electron chi connectivity index (χ4n) is 4.71. The van der Waals surface area contributed by atoms with Gasteiger partial charge in [-0.1, -0.05) is 115 Å². The number of carbonyl (C=O) groups excluding carboxylic acids is 1. The lowest BCUT2D eigenvalue weighted by Gasteiger charge is -2.22. The molecule has 204 valence electrons. The van der Waals surface area contributed by atoms with E-state index in [1.807, 2.05) is 59.6 Å². The molecule has 41 heavy (non-hydrogen) atoms. The first-order valence-corrected chi connectivity index (χ1v) is 14.1. The van der Waals surface area contributed by atoms with Crippen molar-refractivity contribution in [3.63, 3.8) is 0 Å². The molecule has 1 heterocycles. The summed E-state index contributed by atoms with van der Waals surface area (Å²) in [5, 5.41) is 3.54. The van der Waals surface area contributed by atoms with E-state index in [0.717, 1.165) is 41.8 Å². The Morgan fingerprint density at radius 2 is 1.27 bits per heavy atom. The average Bonchev–Trinajstić information content (AvgIpc) is 3.04. The summed E-state index contributed by atoms with van der Waals surface area (Å²) < 4.78 is 0. The second kappa shape index (κ2) is 14.5. The molecule has 0 aliphatic carbocycles. The van der Waals surface area contributed by atoms with E-state index < -0.39 is 0 Å². The zero-order valence-corrected chi connectivity index (χ0v) is 23.2. The Morgan fingerprint density at radius 3 is 1.93 bits per heavy atom. The van der Waals surface area contributed by atoms with Crippen LogP contribution in [-0.2, 0) is 30.8 Å². The fourth-order valence-corrected chi connectivity index (χ4v) is 4.71. The fraction of sp³-hybridized carbons (Fsp3) is 0.135. The zero-order chi connectivity index (χ0) is 28.1. The summed E-state index contributed by atoms with van der Waals surface area (Å²) >= 11 is 0. The molecule has 5 aromatic rings. The summed E-state index contributed by atoms with van der Waals surface area (Å²) in [4.78, 5) is 19.3. The van der Waals surface area contributed by atoms with Crippen molar-refractivity contribution < 1.29 is 4.79 Å². The summed E-state index contributed by atoms with van der Waals surface area (Å²) in [5.41, 5.74) is 8.04. The molecule has 0 aliphatic rings. The maximum atomic E-state index is 13.2. The van der Waals surface area contributed by atoms with E-state index in [-0.39, 0.29) is 5.91 Å². The lowest BCUT2D eigenvalue weighted by Crippen LogP contribution is -2.28. The van der Waals surface area contributed by atoms with Crippen LogP contribution in [0.5, 0.6) is 0 Å². The third kappa shape index (κ3) is 8.59. The van der Waals surface area contributed by atoms with Gasteiger partial charge in [-0.3, -0.25) is 9.78 Å². The number of pyridine rings is 1. The van der Waals surface area contributed by atoms with Gasteiger partial charge in [-0.2, -0.15) is 0 Å². The Kier molecular flexibility index (Phi) is 9.85. The third-order valence-electron chi connectivity index (χ3n) is 7.00. The molecular formula is C37H35N3O. The van der Waals surface area contributed by atoms with E-state index in [1.54, 1.807) is 12.3 Å². The third-order valence-corrected chi connectivity index (χ3v) is 7.00. The molecule has 0 atom stereocenters. The van der Waals surface area contributed by atoms with Gasteiger partial charge in [0.05, 0.1) is 0 Å². The van der Waals surface area contributed by atoms with E-state index in [1.165, 1.54) is 16.7 Å². The number of amides is 1. The molecule has 0 aliphatic heterocycles. The van der Waals surface area contributed by atoms with Gasteiger partial charge in [0.1, 0.15) is 0 Å². The monoisotopic (exact) mass is 537 g/mol. The maximum Gasteiger partial charge on any atom is 0.247 e. The number of hydrogen-bond acceptors (Lipinski definition) is 3. The Morgan fingerprint density at radius 1 is 0.659 bits per heavy atom. The molecular weight excluding hydrogens is 502 g/mol. The number of nitrogens with zero attached hydrogens (tertiary/aromatic N) is 2. The summed E-state index contributed by atoms with van der Waals surface area (Å²) in [5.74, 6) is -0.0326. The molecule has 0 radical (unpaired) electrons. The highest BCUT2D eigenvalue weighted by molar-refractivity contribution is 5.91. The first-order valence-electron chi connectivity index (χ1n) is 14.1. The molecule has 4 aromatic carbocycles. The Hall–Kier alpha value is -4.80. The normalized spacial score (nSPS) is 11.0. The van der Waals surface area contributed by atoms with Crippen molar-refractivity contribution in [1.29, 1.82) is 0 Å². The minimum absolute atomic E-state index is 0.0326. The van der Waals surface area contributed by atoms with Crippen LogP contribution in [0.2, 0.25) is 0 Å². The van der Waals surface area contributed by atoms with Crippen LogP contribution in [0.3, 0.4) is 0 Å². The van der Waals surface area contributed by atoms with Gasteiger partial charge < -0.3 is 10.2 Å². The highest BCUT2D eigenvalue weighted by Crippen LogP contribution is 2.22. The zero-order valence-electron chi connectivity index (χ0n) is 23.2. The van der Waals surface area contributed by atoms with Gasteiger partial charge in [0, 0.05) is 38.1 Å². The summed E-state index contributed by atoms with van der Waals surface area (Å²) in [6.45, 7) is 2.82. The van der Waals surface area contributed by atoms with E-state index in [4.69, 9.17) is 0 Å². The first kappa shape index (κ1) is 27.8. The molecule has 1 aromatic heterocycles. The molecule has 0 spiro atoms. The Labute approximate surface area is 243 Å². The Balaban J connectivity index is 1.19. The second-order valence-electron chi connectivity index (χ2n) is 10.1. The number of rotatable bonds is 12. The van der Waals surface area contributed by atoms with Crippen LogP contribution < -0.4 is 5.32 Å². The number of benzene rings is 4. The smallest absolute Gasteiger partial charge is 0.247 e. The van der Waals surface area contributed by atoms with Crippen molar-refractivity contribution in [3.05, 3.63) is 168 Å². The van der Waals surface area contributed by atoms with Gasteiger partial charge in [0.15, 0.2) is 0 Å². The van der Waals surface area contributed by atoms with Crippen LogP contribution in [0.25, 0.3) is 17.2 Å². The minimum Gasteiger partial charge on any atom is -0.330 e. The van der Waals surface area contributed by atoms with Crippen LogP contribution in [0, 0.1) is 0 Å². The summed E-state index contributed by atoms with van der Waals surface area (Å²) in [6, 6.07) is 41.6. The lowest BCUT2D eigenvalue weighted by atomic mass is 10.0. The Bertz CT molecular complexity index is 1520. The van der Waals surface area contributed by atoms with Gasteiger partial charge in [0.2, 0.25) is 5.91 Å². The van der Waals surface area contributed by atoms with Crippen LogP contribution in [-0.4, -0.2) is 22.3 Å². The number of hydrogen-bond donors (Lipinski definition) is 1. The molecule has 4 heteroatoms. The van der Waals surface area contributed by atoms with Gasteiger partial charge in [-0.25, -0.2) is 0 Å². The van der Waals surface area contributed by atoms with Crippen molar-refractivity contribution in [1.82, 2.24) is 15.2 Å². The minimum atomic E-state index is -0.0326. The standard InChI is InChI=1S/C37H35N3O/c41-37(22-17-30-8-3-1-4-9-30)40(29-34-12-7-24-38-27-34)28-33-15-20-36(21-16-33)35-18-13-32(14-19-35)26-39-25-23-31-10-5-2-6-11-31/h1-22,24,27,39H,23,25-26,28-29H2/b22-17+. The van der Waals surface area contributed by atoms with E-state index >= 15 is 0 Å². The summed E-state index contributed by atoms with van der Waals surface area (Å²) in [7, 11) is 0. The number of carbonyl (C=O) groups is 1. The van der Waals surface area contributed by atoms with Crippen molar-refractivity contribution >= 4 is 12.0 Å². The van der Waals surface area contributed by atoms with Crippen molar-refractivity contribution in [2.45, 2.75) is 26.1 Å². The van der Waals surface area contributed by atoms with Crippen LogP contribution >= 0.6 is 0 Å². The van der Waals surface area contributed by atoms with E-state index in [2.05, 4.69) is 89.2 Å². The molecule has 1 amide bonds. The van der Waals surface area contributed by atoms with Crippen molar-refractivity contribution in [3.8, 4) is 11.1 Å². The van der Waals surface area contributed by atoms with Crippen molar-refractivity contribution in [2.75, 3.05) is 6.54 Å². The molecule has 1 N–H and O–H groups in total. The quantitative estimate of drug-likeness (QED) is 0.134. The van der Waals surface area contributed by atoms with E-state index in [0.29, 0.717) is 13.1 Å². The SMILES string of the molecule is O=C(/C=C/c1ccccc1)N(Cc1ccc(-c2ccc(CNCCc3ccccc3)cc2)cc1)Cc1cccnc1. The molecule has 5 rings (SSSR count). The predicted octanol–water partition coefficient (Wildman–Crippen LogP) is 7.32. The predicted molar refractivity (Wildman–Crippen MR) is 168 cm³/mol. The number of nitrogens with one attached hydrogen (secondary N) is 1. The van der Waals surface area contributed by atoms with Gasteiger partial charge in [-0.15, -0.1) is 0 Å². The second-order valence-corrected chi connectivity index (χ2v) is 10.1. The average molecular weight is 538 g/mol. The largest absolute Gasteiger partial charge is 0.330 e. The first-order chi connectivity index (χ1) is 20.2. The maximum absolute atomic E-state index is 13.2.